The zero-order valence-electron chi connectivity index (χ0n) is 12.5. The van der Waals surface area contributed by atoms with E-state index in [1.807, 2.05) is 17.7 Å². The Bertz CT molecular complexity index is 568. The molecule has 0 radical (unpaired) electrons. The van der Waals surface area contributed by atoms with Crippen molar-refractivity contribution in [3.63, 3.8) is 0 Å². The van der Waals surface area contributed by atoms with Crippen LogP contribution in [0, 0.1) is 6.92 Å². The lowest BCUT2D eigenvalue weighted by Gasteiger charge is -2.19. The highest BCUT2D eigenvalue weighted by Crippen LogP contribution is 2.24. The van der Waals surface area contributed by atoms with Gasteiger partial charge in [-0.25, -0.2) is 15.0 Å². The summed E-state index contributed by atoms with van der Waals surface area (Å²) in [5.74, 6) is 2.10. The first-order chi connectivity index (χ1) is 9.38. The average Bonchev–Trinajstić information content (AvgIpc) is 2.86. The summed E-state index contributed by atoms with van der Waals surface area (Å²) < 4.78 is 2.01. The molecule has 20 heavy (non-hydrogen) atoms. The Hall–Kier alpha value is -2.11. The molecule has 0 saturated carbocycles. The van der Waals surface area contributed by atoms with E-state index in [1.54, 1.807) is 12.5 Å². The largest absolute Gasteiger partial charge is 0.383 e. The van der Waals surface area contributed by atoms with Crippen LogP contribution < -0.4 is 11.1 Å². The summed E-state index contributed by atoms with van der Waals surface area (Å²) in [5, 5.41) is 3.32. The van der Waals surface area contributed by atoms with Crippen LogP contribution in [0.4, 0.5) is 11.6 Å². The summed E-state index contributed by atoms with van der Waals surface area (Å²) in [6, 6.07) is 0. The fraction of sp³-hybridized carbons (Fsp3) is 0.500. The number of nitrogen functional groups attached to an aromatic ring is 1. The molecule has 2 aromatic heterocycles. The molecule has 2 heterocycles. The van der Waals surface area contributed by atoms with E-state index >= 15 is 0 Å². The molecule has 0 fully saturated rings. The maximum atomic E-state index is 5.98. The van der Waals surface area contributed by atoms with Crippen molar-refractivity contribution in [2.45, 2.75) is 39.7 Å². The maximum Gasteiger partial charge on any atom is 0.138 e. The minimum atomic E-state index is -0.122. The highest BCUT2D eigenvalue weighted by Gasteiger charge is 2.20. The molecule has 0 aromatic carbocycles. The minimum absolute atomic E-state index is 0.122. The van der Waals surface area contributed by atoms with Crippen LogP contribution in [-0.4, -0.2) is 26.1 Å². The second-order valence-electron chi connectivity index (χ2n) is 5.88. The second-order valence-corrected chi connectivity index (χ2v) is 5.88. The number of aromatic nitrogens is 4. The molecule has 0 unspecified atom stereocenters. The molecule has 108 valence electrons. The maximum absolute atomic E-state index is 5.98. The zero-order chi connectivity index (χ0) is 14.8. The van der Waals surface area contributed by atoms with Crippen molar-refractivity contribution in [2.24, 2.45) is 0 Å². The van der Waals surface area contributed by atoms with Crippen molar-refractivity contribution < 1.29 is 0 Å². The van der Waals surface area contributed by atoms with Crippen molar-refractivity contribution in [3.05, 3.63) is 30.1 Å². The molecule has 0 atom stereocenters. The Kier molecular flexibility index (Phi) is 3.92. The number of nitrogens with one attached hydrogen (secondary N) is 1. The highest BCUT2D eigenvalue weighted by atomic mass is 15.1. The van der Waals surface area contributed by atoms with Crippen molar-refractivity contribution >= 4 is 11.6 Å². The SMILES string of the molecule is Cc1c(N)nc(C(C)(C)C)nc1NCCn1ccnc1. The van der Waals surface area contributed by atoms with E-state index in [4.69, 9.17) is 5.73 Å². The van der Waals surface area contributed by atoms with Crippen LogP contribution >= 0.6 is 0 Å². The van der Waals surface area contributed by atoms with Gasteiger partial charge in [0.15, 0.2) is 0 Å². The van der Waals surface area contributed by atoms with Gasteiger partial charge in [0.05, 0.1) is 6.33 Å². The Morgan fingerprint density at radius 2 is 2.05 bits per heavy atom. The van der Waals surface area contributed by atoms with Gasteiger partial charge in [0, 0.05) is 36.5 Å². The number of rotatable bonds is 4. The first-order valence-corrected chi connectivity index (χ1v) is 6.72. The van der Waals surface area contributed by atoms with E-state index in [1.165, 1.54) is 0 Å². The number of nitrogens with two attached hydrogens (primary N) is 1. The molecule has 0 aliphatic carbocycles. The standard InChI is InChI=1S/C14H22N6/c1-10-11(15)18-13(14(2,3)4)19-12(10)17-6-8-20-7-5-16-9-20/h5,7,9H,6,8H2,1-4H3,(H3,15,17,18,19). The third kappa shape index (κ3) is 3.26. The molecule has 0 spiro atoms. The van der Waals surface area contributed by atoms with Gasteiger partial charge in [-0.1, -0.05) is 20.8 Å². The van der Waals surface area contributed by atoms with Gasteiger partial charge in [0.1, 0.15) is 17.5 Å². The van der Waals surface area contributed by atoms with Crippen LogP contribution in [0.25, 0.3) is 0 Å². The first kappa shape index (κ1) is 14.3. The third-order valence-electron chi connectivity index (χ3n) is 3.08. The van der Waals surface area contributed by atoms with Gasteiger partial charge in [0.25, 0.3) is 0 Å². The fourth-order valence-corrected chi connectivity index (χ4v) is 1.76. The molecule has 3 N–H and O–H groups in total. The lowest BCUT2D eigenvalue weighted by Crippen LogP contribution is -2.20. The Morgan fingerprint density at radius 3 is 2.65 bits per heavy atom. The molecule has 0 amide bonds. The molecule has 2 rings (SSSR count). The number of hydrogen-bond donors (Lipinski definition) is 2. The highest BCUT2D eigenvalue weighted by molar-refractivity contribution is 5.55. The number of anilines is 2. The van der Waals surface area contributed by atoms with Crippen molar-refractivity contribution in [3.8, 4) is 0 Å². The van der Waals surface area contributed by atoms with E-state index < -0.39 is 0 Å². The number of nitrogens with zero attached hydrogens (tertiary/aromatic N) is 4. The van der Waals surface area contributed by atoms with Crippen LogP contribution in [0.2, 0.25) is 0 Å². The topological polar surface area (TPSA) is 81.6 Å². The summed E-state index contributed by atoms with van der Waals surface area (Å²) >= 11 is 0. The Labute approximate surface area is 119 Å². The Morgan fingerprint density at radius 1 is 1.30 bits per heavy atom. The third-order valence-corrected chi connectivity index (χ3v) is 3.08. The zero-order valence-corrected chi connectivity index (χ0v) is 12.5. The predicted octanol–water partition coefficient (Wildman–Crippen LogP) is 1.97. The van der Waals surface area contributed by atoms with Gasteiger partial charge in [-0.3, -0.25) is 0 Å². The molecule has 6 nitrogen and oxygen atoms in total. The molecular formula is C14H22N6. The molecule has 0 saturated heterocycles. The van der Waals surface area contributed by atoms with E-state index in [0.717, 1.165) is 30.3 Å². The Balaban J connectivity index is 2.12. The summed E-state index contributed by atoms with van der Waals surface area (Å²) in [6.45, 7) is 9.75. The van der Waals surface area contributed by atoms with Crippen LogP contribution in [-0.2, 0) is 12.0 Å². The molecule has 0 bridgehead atoms. The van der Waals surface area contributed by atoms with Crippen molar-refractivity contribution in [1.82, 2.24) is 19.5 Å². The van der Waals surface area contributed by atoms with E-state index in [2.05, 4.69) is 41.0 Å². The lowest BCUT2D eigenvalue weighted by atomic mass is 9.95. The number of imidazole rings is 1. The smallest absolute Gasteiger partial charge is 0.138 e. The predicted molar refractivity (Wildman–Crippen MR) is 80.6 cm³/mol. The van der Waals surface area contributed by atoms with Crippen LogP contribution in [0.5, 0.6) is 0 Å². The van der Waals surface area contributed by atoms with E-state index in [0.29, 0.717) is 5.82 Å². The van der Waals surface area contributed by atoms with Gasteiger partial charge in [-0.15, -0.1) is 0 Å². The van der Waals surface area contributed by atoms with Crippen molar-refractivity contribution in [2.75, 3.05) is 17.6 Å². The summed E-state index contributed by atoms with van der Waals surface area (Å²) in [5.41, 5.74) is 6.75. The monoisotopic (exact) mass is 274 g/mol. The fourth-order valence-electron chi connectivity index (χ4n) is 1.76. The molecular weight excluding hydrogens is 252 g/mol. The quantitative estimate of drug-likeness (QED) is 0.891. The molecule has 6 heteroatoms. The molecule has 2 aromatic rings. The van der Waals surface area contributed by atoms with Gasteiger partial charge in [-0.2, -0.15) is 0 Å². The van der Waals surface area contributed by atoms with Gasteiger partial charge in [-0.05, 0) is 6.92 Å². The van der Waals surface area contributed by atoms with Crippen LogP contribution in [0.3, 0.4) is 0 Å². The van der Waals surface area contributed by atoms with E-state index in [-0.39, 0.29) is 5.41 Å². The average molecular weight is 274 g/mol. The first-order valence-electron chi connectivity index (χ1n) is 6.72. The molecule has 0 aliphatic rings. The number of hydrogen-bond acceptors (Lipinski definition) is 5. The second kappa shape index (κ2) is 5.48. The summed E-state index contributed by atoms with van der Waals surface area (Å²) in [6.07, 6.45) is 5.50. The minimum Gasteiger partial charge on any atom is -0.383 e. The van der Waals surface area contributed by atoms with Gasteiger partial charge < -0.3 is 15.6 Å². The lowest BCUT2D eigenvalue weighted by molar-refractivity contribution is 0.546. The van der Waals surface area contributed by atoms with Crippen molar-refractivity contribution in [1.29, 1.82) is 0 Å². The normalized spacial score (nSPS) is 11.6. The van der Waals surface area contributed by atoms with E-state index in [9.17, 15) is 0 Å². The van der Waals surface area contributed by atoms with Crippen LogP contribution in [0.1, 0.15) is 32.2 Å². The van der Waals surface area contributed by atoms with Gasteiger partial charge >= 0.3 is 0 Å². The summed E-state index contributed by atoms with van der Waals surface area (Å²) in [7, 11) is 0. The van der Waals surface area contributed by atoms with Gasteiger partial charge in [0.2, 0.25) is 0 Å². The van der Waals surface area contributed by atoms with Crippen LogP contribution in [0.15, 0.2) is 18.7 Å². The summed E-state index contributed by atoms with van der Waals surface area (Å²) in [4.78, 5) is 13.0. The molecule has 0 aliphatic heterocycles.